The molecule has 1 fully saturated rings. The van der Waals surface area contributed by atoms with Crippen LogP contribution in [-0.4, -0.2) is 43.6 Å². The Morgan fingerprint density at radius 3 is 2.57 bits per heavy atom. The molecule has 158 valence electrons. The van der Waals surface area contributed by atoms with Crippen LogP contribution in [-0.2, 0) is 21.2 Å². The lowest BCUT2D eigenvalue weighted by molar-refractivity contribution is 0.0983. The first-order chi connectivity index (χ1) is 14.4. The number of benzene rings is 2. The monoisotopic (exact) mass is 429 g/mol. The van der Waals surface area contributed by atoms with Crippen molar-refractivity contribution >= 4 is 10.0 Å². The molecule has 5 nitrogen and oxygen atoms in total. The van der Waals surface area contributed by atoms with E-state index < -0.39 is 32.5 Å². The number of phenols is 1. The fourth-order valence-electron chi connectivity index (χ4n) is 3.93. The highest BCUT2D eigenvalue weighted by Gasteiger charge is 2.36. The van der Waals surface area contributed by atoms with Crippen molar-refractivity contribution in [2.75, 3.05) is 19.8 Å². The van der Waals surface area contributed by atoms with Gasteiger partial charge in [-0.05, 0) is 54.2 Å². The van der Waals surface area contributed by atoms with E-state index in [-0.39, 0.29) is 13.2 Å². The Kier molecular flexibility index (Phi) is 6.04. The zero-order valence-electron chi connectivity index (χ0n) is 16.5. The van der Waals surface area contributed by atoms with Crippen LogP contribution in [0.4, 0.5) is 4.39 Å². The lowest BCUT2D eigenvalue weighted by atomic mass is 9.96. The molecule has 2 aromatic carbocycles. The molecular weight excluding hydrogens is 405 g/mol. The van der Waals surface area contributed by atoms with Gasteiger partial charge in [-0.25, -0.2) is 12.8 Å². The molecule has 0 aromatic heterocycles. The molecule has 1 unspecified atom stereocenters. The molecule has 1 heterocycles. The number of allylic oxidation sites excluding steroid dienone is 2. The second-order valence-corrected chi connectivity index (χ2v) is 9.42. The number of hydrogen-bond acceptors (Lipinski definition) is 4. The van der Waals surface area contributed by atoms with Crippen LogP contribution in [0.2, 0.25) is 0 Å². The average molecular weight is 430 g/mol. The summed E-state index contributed by atoms with van der Waals surface area (Å²) < 4.78 is 48.3. The molecule has 2 aromatic rings. The standard InChI is InChI=1S/C23H24FNO4S/c24-20-10-11-22(26)23(13-20)30(27,28)25-14-18-8-4-5-9-19(18)15-29-16-21(25)12-17-6-2-1-3-7-17/h1-3,6-11,13,21,26H,4-5,12,14-16H2. The Bertz CT molecular complexity index is 1080. The van der Waals surface area contributed by atoms with Crippen molar-refractivity contribution in [1.29, 1.82) is 0 Å². The maximum absolute atomic E-state index is 13.9. The van der Waals surface area contributed by atoms with Crippen molar-refractivity contribution in [2.24, 2.45) is 0 Å². The Hall–Kier alpha value is -2.48. The second kappa shape index (κ2) is 8.71. The van der Waals surface area contributed by atoms with Crippen molar-refractivity contribution in [1.82, 2.24) is 4.31 Å². The number of hydrogen-bond donors (Lipinski definition) is 1. The molecule has 0 spiro atoms. The third-order valence-corrected chi connectivity index (χ3v) is 7.41. The van der Waals surface area contributed by atoms with Gasteiger partial charge in [0.05, 0.1) is 19.3 Å². The molecule has 30 heavy (non-hydrogen) atoms. The molecule has 1 aliphatic carbocycles. The minimum Gasteiger partial charge on any atom is -0.507 e. The minimum absolute atomic E-state index is 0.158. The van der Waals surface area contributed by atoms with E-state index in [2.05, 4.69) is 6.08 Å². The number of sulfonamides is 1. The van der Waals surface area contributed by atoms with Gasteiger partial charge >= 0.3 is 0 Å². The van der Waals surface area contributed by atoms with E-state index in [0.29, 0.717) is 13.0 Å². The number of fused-ring (bicyclic) bond motifs is 1. The molecule has 1 N–H and O–H groups in total. The summed E-state index contributed by atoms with van der Waals surface area (Å²) in [6.07, 6.45) is 6.30. The molecule has 1 aliphatic heterocycles. The lowest BCUT2D eigenvalue weighted by Crippen LogP contribution is -2.47. The van der Waals surface area contributed by atoms with E-state index in [1.54, 1.807) is 0 Å². The Labute approximate surface area is 176 Å². The van der Waals surface area contributed by atoms with Crippen LogP contribution in [0, 0.1) is 5.82 Å². The molecule has 0 amide bonds. The number of halogens is 1. The molecule has 0 saturated carbocycles. The van der Waals surface area contributed by atoms with Gasteiger partial charge in [-0.1, -0.05) is 42.5 Å². The fourth-order valence-corrected chi connectivity index (χ4v) is 5.61. The Morgan fingerprint density at radius 2 is 1.80 bits per heavy atom. The normalized spacial score (nSPS) is 20.5. The van der Waals surface area contributed by atoms with Crippen LogP contribution in [0.3, 0.4) is 0 Å². The fraction of sp³-hybridized carbons (Fsp3) is 0.304. The summed E-state index contributed by atoms with van der Waals surface area (Å²) in [5.74, 6) is -1.18. The molecule has 0 bridgehead atoms. The van der Waals surface area contributed by atoms with E-state index in [0.717, 1.165) is 47.8 Å². The van der Waals surface area contributed by atoms with Crippen molar-refractivity contribution in [2.45, 2.75) is 30.2 Å². The smallest absolute Gasteiger partial charge is 0.247 e. The van der Waals surface area contributed by atoms with Crippen LogP contribution >= 0.6 is 0 Å². The lowest BCUT2D eigenvalue weighted by Gasteiger charge is -2.35. The van der Waals surface area contributed by atoms with Gasteiger partial charge in [-0.2, -0.15) is 4.31 Å². The highest BCUT2D eigenvalue weighted by molar-refractivity contribution is 7.89. The zero-order chi connectivity index (χ0) is 21.1. The molecule has 1 saturated heterocycles. The average Bonchev–Trinajstić information content (AvgIpc) is 2.73. The van der Waals surface area contributed by atoms with E-state index in [1.807, 2.05) is 36.4 Å². The second-order valence-electron chi connectivity index (χ2n) is 7.56. The minimum atomic E-state index is -4.18. The third-order valence-electron chi connectivity index (χ3n) is 5.48. The number of rotatable bonds is 4. The summed E-state index contributed by atoms with van der Waals surface area (Å²) >= 11 is 0. The van der Waals surface area contributed by atoms with Gasteiger partial charge in [-0.15, -0.1) is 0 Å². The Morgan fingerprint density at radius 1 is 1.07 bits per heavy atom. The van der Waals surface area contributed by atoms with Crippen molar-refractivity contribution in [3.63, 3.8) is 0 Å². The summed E-state index contributed by atoms with van der Waals surface area (Å²) in [5.41, 5.74) is 2.87. The summed E-state index contributed by atoms with van der Waals surface area (Å²) in [6, 6.07) is 12.1. The first-order valence-electron chi connectivity index (χ1n) is 9.95. The first kappa shape index (κ1) is 20.8. The molecule has 1 atom stereocenters. The van der Waals surface area contributed by atoms with Gasteiger partial charge in [0.1, 0.15) is 16.5 Å². The predicted molar refractivity (Wildman–Crippen MR) is 112 cm³/mol. The zero-order valence-corrected chi connectivity index (χ0v) is 17.3. The number of phenolic OH excluding ortho intramolecular Hbond substituents is 1. The molecule has 0 radical (unpaired) electrons. The van der Waals surface area contributed by atoms with Crippen molar-refractivity contribution in [3.8, 4) is 5.75 Å². The van der Waals surface area contributed by atoms with Gasteiger partial charge in [-0.3, -0.25) is 0 Å². The summed E-state index contributed by atoms with van der Waals surface area (Å²) in [4.78, 5) is -0.428. The van der Waals surface area contributed by atoms with Gasteiger partial charge in [0.15, 0.2) is 0 Å². The number of ether oxygens (including phenoxy) is 1. The highest BCUT2D eigenvalue weighted by Crippen LogP contribution is 2.32. The Balaban J connectivity index is 1.77. The van der Waals surface area contributed by atoms with Crippen LogP contribution in [0.25, 0.3) is 0 Å². The van der Waals surface area contributed by atoms with Crippen LogP contribution < -0.4 is 0 Å². The van der Waals surface area contributed by atoms with Gasteiger partial charge < -0.3 is 9.84 Å². The third kappa shape index (κ3) is 4.33. The maximum atomic E-state index is 13.9. The molecule has 2 aliphatic rings. The summed E-state index contributed by atoms with van der Waals surface area (Å²) in [5, 5.41) is 10.2. The van der Waals surface area contributed by atoms with E-state index in [1.165, 1.54) is 4.31 Å². The first-order valence-corrected chi connectivity index (χ1v) is 11.4. The molecule has 4 rings (SSSR count). The van der Waals surface area contributed by atoms with E-state index in [4.69, 9.17) is 4.74 Å². The van der Waals surface area contributed by atoms with Crippen molar-refractivity contribution in [3.05, 3.63) is 83.2 Å². The van der Waals surface area contributed by atoms with E-state index in [9.17, 15) is 17.9 Å². The maximum Gasteiger partial charge on any atom is 0.247 e. The SMILES string of the molecule is O=S(=O)(c1cc(F)ccc1O)N1CC2=CCCC=C2COCC1Cc1ccccc1. The van der Waals surface area contributed by atoms with Crippen LogP contribution in [0.1, 0.15) is 18.4 Å². The summed E-state index contributed by atoms with van der Waals surface area (Å²) in [7, 11) is -4.18. The highest BCUT2D eigenvalue weighted by atomic mass is 32.2. The van der Waals surface area contributed by atoms with Gasteiger partial charge in [0.2, 0.25) is 10.0 Å². The quantitative estimate of drug-likeness (QED) is 0.803. The molecule has 7 heteroatoms. The van der Waals surface area contributed by atoms with Crippen molar-refractivity contribution < 1.29 is 22.7 Å². The topological polar surface area (TPSA) is 66.8 Å². The predicted octanol–water partition coefficient (Wildman–Crippen LogP) is 3.81. The van der Waals surface area contributed by atoms with Crippen LogP contribution in [0.15, 0.2) is 76.7 Å². The van der Waals surface area contributed by atoms with Crippen LogP contribution in [0.5, 0.6) is 5.75 Å². The molecular formula is C23H24FNO4S. The van der Waals surface area contributed by atoms with E-state index >= 15 is 0 Å². The van der Waals surface area contributed by atoms with Gasteiger partial charge in [0, 0.05) is 6.54 Å². The number of aromatic hydroxyl groups is 1. The number of nitrogens with zero attached hydrogens (tertiary/aromatic N) is 1. The summed E-state index contributed by atoms with van der Waals surface area (Å²) in [6.45, 7) is 0.802. The van der Waals surface area contributed by atoms with Gasteiger partial charge in [0.25, 0.3) is 0 Å². The largest absolute Gasteiger partial charge is 0.507 e.